The first kappa shape index (κ1) is 16.8. The van der Waals surface area contributed by atoms with Gasteiger partial charge in [-0.05, 0) is 57.5 Å². The third-order valence-electron chi connectivity index (χ3n) is 4.53. The van der Waals surface area contributed by atoms with Gasteiger partial charge in [0.05, 0.1) is 5.52 Å². The minimum absolute atomic E-state index is 0.0530. The van der Waals surface area contributed by atoms with E-state index in [1.807, 2.05) is 18.2 Å². The molecular weight excluding hydrogens is 306 g/mol. The standard InChI is InChI=1S/C18H25N3O3/c22-17(19-10-6-13-20-11-3-4-12-20)9-5-14-21-15-7-1-2-8-16(15)24-18(21)23/h1-2,7-8H,3-6,9-14H2,(H,19,22). The van der Waals surface area contributed by atoms with Crippen molar-refractivity contribution in [1.29, 1.82) is 0 Å². The summed E-state index contributed by atoms with van der Waals surface area (Å²) in [5, 5.41) is 2.96. The van der Waals surface area contributed by atoms with Crippen molar-refractivity contribution in [3.8, 4) is 0 Å². The van der Waals surface area contributed by atoms with Crippen LogP contribution in [-0.4, -0.2) is 41.6 Å². The molecule has 2 heterocycles. The fraction of sp³-hybridized carbons (Fsp3) is 0.556. The van der Waals surface area contributed by atoms with E-state index in [4.69, 9.17) is 4.42 Å². The van der Waals surface area contributed by atoms with E-state index >= 15 is 0 Å². The van der Waals surface area contributed by atoms with Crippen LogP contribution in [0.4, 0.5) is 0 Å². The molecule has 0 spiro atoms. The quantitative estimate of drug-likeness (QED) is 0.751. The zero-order valence-electron chi connectivity index (χ0n) is 14.0. The maximum absolute atomic E-state index is 11.9. The maximum atomic E-state index is 11.9. The Morgan fingerprint density at radius 3 is 2.75 bits per heavy atom. The Kier molecular flexibility index (Phi) is 5.69. The monoisotopic (exact) mass is 331 g/mol. The summed E-state index contributed by atoms with van der Waals surface area (Å²) in [6.45, 7) is 4.68. The van der Waals surface area contributed by atoms with E-state index in [0.717, 1.165) is 25.0 Å². The number of nitrogens with one attached hydrogen (secondary N) is 1. The second kappa shape index (κ2) is 8.15. The second-order valence-electron chi connectivity index (χ2n) is 6.34. The summed E-state index contributed by atoms with van der Waals surface area (Å²) in [5.74, 6) is -0.306. The average Bonchev–Trinajstić information content (AvgIpc) is 3.20. The van der Waals surface area contributed by atoms with Gasteiger partial charge < -0.3 is 14.6 Å². The van der Waals surface area contributed by atoms with E-state index in [0.29, 0.717) is 25.0 Å². The molecule has 6 heteroatoms. The summed E-state index contributed by atoms with van der Waals surface area (Å²) in [4.78, 5) is 26.2. The number of oxazole rings is 1. The van der Waals surface area contributed by atoms with Crippen LogP contribution in [0.2, 0.25) is 0 Å². The van der Waals surface area contributed by atoms with Gasteiger partial charge in [0.2, 0.25) is 5.91 Å². The number of hydrogen-bond donors (Lipinski definition) is 1. The molecule has 0 radical (unpaired) electrons. The molecule has 1 saturated heterocycles. The summed E-state index contributed by atoms with van der Waals surface area (Å²) in [6, 6.07) is 7.35. The van der Waals surface area contributed by atoms with Crippen LogP contribution < -0.4 is 11.1 Å². The maximum Gasteiger partial charge on any atom is 0.419 e. The molecule has 0 saturated carbocycles. The van der Waals surface area contributed by atoms with E-state index in [-0.39, 0.29) is 11.7 Å². The molecule has 0 unspecified atom stereocenters. The number of para-hydroxylation sites is 2. The van der Waals surface area contributed by atoms with Gasteiger partial charge in [0.15, 0.2) is 5.58 Å². The Labute approximate surface area is 141 Å². The Balaban J connectivity index is 1.37. The number of hydrogen-bond acceptors (Lipinski definition) is 4. The molecular formula is C18H25N3O3. The van der Waals surface area contributed by atoms with Gasteiger partial charge in [-0.2, -0.15) is 0 Å². The molecule has 0 aliphatic carbocycles. The van der Waals surface area contributed by atoms with Crippen molar-refractivity contribution >= 4 is 17.0 Å². The fourth-order valence-corrected chi connectivity index (χ4v) is 3.25. The normalized spacial score (nSPS) is 15.2. The highest BCUT2D eigenvalue weighted by atomic mass is 16.4. The second-order valence-corrected chi connectivity index (χ2v) is 6.34. The van der Waals surface area contributed by atoms with E-state index in [9.17, 15) is 9.59 Å². The van der Waals surface area contributed by atoms with Gasteiger partial charge in [0, 0.05) is 19.5 Å². The molecule has 1 aliphatic heterocycles. The Morgan fingerprint density at radius 2 is 1.92 bits per heavy atom. The predicted octanol–water partition coefficient (Wildman–Crippen LogP) is 1.98. The summed E-state index contributed by atoms with van der Waals surface area (Å²) in [5.41, 5.74) is 1.38. The molecule has 3 rings (SSSR count). The number of rotatable bonds is 8. The number of nitrogens with zero attached hydrogens (tertiary/aromatic N) is 2. The molecule has 1 aromatic carbocycles. The highest BCUT2D eigenvalue weighted by Crippen LogP contribution is 2.12. The number of amides is 1. The van der Waals surface area contributed by atoms with Gasteiger partial charge in [0.1, 0.15) is 0 Å². The van der Waals surface area contributed by atoms with Crippen LogP contribution in [0.5, 0.6) is 0 Å². The molecule has 0 bridgehead atoms. The van der Waals surface area contributed by atoms with Crippen molar-refractivity contribution in [1.82, 2.24) is 14.8 Å². The van der Waals surface area contributed by atoms with E-state index in [1.54, 1.807) is 10.6 Å². The lowest BCUT2D eigenvalue weighted by Crippen LogP contribution is -2.28. The number of aryl methyl sites for hydroxylation is 1. The lowest BCUT2D eigenvalue weighted by molar-refractivity contribution is -0.121. The Bertz CT molecular complexity index is 728. The smallest absolute Gasteiger partial charge is 0.408 e. The Morgan fingerprint density at radius 1 is 1.12 bits per heavy atom. The minimum atomic E-state index is -0.359. The SMILES string of the molecule is O=C(CCCn1c(=O)oc2ccccc21)NCCCN1CCCC1. The number of fused-ring (bicyclic) bond motifs is 1. The van der Waals surface area contributed by atoms with Crippen LogP contribution in [0.1, 0.15) is 32.1 Å². The van der Waals surface area contributed by atoms with Crippen LogP contribution in [0, 0.1) is 0 Å². The third-order valence-corrected chi connectivity index (χ3v) is 4.53. The molecule has 6 nitrogen and oxygen atoms in total. The van der Waals surface area contributed by atoms with Crippen molar-refractivity contribution in [3.05, 3.63) is 34.8 Å². The van der Waals surface area contributed by atoms with Crippen molar-refractivity contribution in [2.45, 2.75) is 38.6 Å². The van der Waals surface area contributed by atoms with Gasteiger partial charge in [-0.3, -0.25) is 9.36 Å². The highest BCUT2D eigenvalue weighted by Gasteiger charge is 2.11. The number of benzene rings is 1. The van der Waals surface area contributed by atoms with Gasteiger partial charge in [-0.25, -0.2) is 4.79 Å². The lowest BCUT2D eigenvalue weighted by atomic mass is 10.2. The van der Waals surface area contributed by atoms with Crippen molar-refractivity contribution in [3.63, 3.8) is 0 Å². The van der Waals surface area contributed by atoms with Crippen LogP contribution in [-0.2, 0) is 11.3 Å². The van der Waals surface area contributed by atoms with E-state index < -0.39 is 0 Å². The van der Waals surface area contributed by atoms with Gasteiger partial charge in [-0.15, -0.1) is 0 Å². The van der Waals surface area contributed by atoms with Gasteiger partial charge in [0.25, 0.3) is 0 Å². The molecule has 1 aromatic heterocycles. The number of carbonyl (C=O) groups excluding carboxylic acids is 1. The molecule has 1 amide bonds. The lowest BCUT2D eigenvalue weighted by Gasteiger charge is -2.14. The van der Waals surface area contributed by atoms with Gasteiger partial charge in [-0.1, -0.05) is 12.1 Å². The molecule has 130 valence electrons. The fourth-order valence-electron chi connectivity index (χ4n) is 3.25. The predicted molar refractivity (Wildman–Crippen MR) is 93.0 cm³/mol. The molecule has 1 fully saturated rings. The zero-order valence-corrected chi connectivity index (χ0v) is 14.0. The topological polar surface area (TPSA) is 67.5 Å². The first-order valence-electron chi connectivity index (χ1n) is 8.81. The first-order valence-corrected chi connectivity index (χ1v) is 8.81. The van der Waals surface area contributed by atoms with Crippen LogP contribution >= 0.6 is 0 Å². The van der Waals surface area contributed by atoms with Crippen LogP contribution in [0.15, 0.2) is 33.5 Å². The number of aromatic nitrogens is 1. The number of likely N-dealkylation sites (tertiary alicyclic amines) is 1. The molecule has 0 atom stereocenters. The molecule has 1 N–H and O–H groups in total. The average molecular weight is 331 g/mol. The van der Waals surface area contributed by atoms with Crippen LogP contribution in [0.25, 0.3) is 11.1 Å². The first-order chi connectivity index (χ1) is 11.7. The molecule has 1 aliphatic rings. The largest absolute Gasteiger partial charge is 0.419 e. The summed E-state index contributed by atoms with van der Waals surface area (Å²) >= 11 is 0. The minimum Gasteiger partial charge on any atom is -0.408 e. The van der Waals surface area contributed by atoms with Crippen molar-refractivity contribution in [2.24, 2.45) is 0 Å². The highest BCUT2D eigenvalue weighted by molar-refractivity contribution is 5.76. The third kappa shape index (κ3) is 4.26. The summed E-state index contributed by atoms with van der Waals surface area (Å²) in [7, 11) is 0. The van der Waals surface area contributed by atoms with Crippen molar-refractivity contribution < 1.29 is 9.21 Å². The van der Waals surface area contributed by atoms with Crippen molar-refractivity contribution in [2.75, 3.05) is 26.2 Å². The van der Waals surface area contributed by atoms with Gasteiger partial charge >= 0.3 is 5.76 Å². The number of carbonyl (C=O) groups is 1. The van der Waals surface area contributed by atoms with E-state index in [2.05, 4.69) is 10.2 Å². The summed E-state index contributed by atoms with van der Waals surface area (Å²) < 4.78 is 6.78. The molecule has 24 heavy (non-hydrogen) atoms. The summed E-state index contributed by atoms with van der Waals surface area (Å²) in [6.07, 6.45) is 4.65. The molecule has 2 aromatic rings. The Hall–Kier alpha value is -2.08. The van der Waals surface area contributed by atoms with Crippen LogP contribution in [0.3, 0.4) is 0 Å². The van der Waals surface area contributed by atoms with E-state index in [1.165, 1.54) is 25.9 Å². The zero-order chi connectivity index (χ0) is 16.8.